The van der Waals surface area contributed by atoms with Gasteiger partial charge in [0.05, 0.1) is 0 Å². The van der Waals surface area contributed by atoms with Crippen molar-refractivity contribution in [2.75, 3.05) is 16.8 Å². The fourth-order valence-corrected chi connectivity index (χ4v) is 4.60. The van der Waals surface area contributed by atoms with Crippen molar-refractivity contribution in [3.8, 4) is 0 Å². The Morgan fingerprint density at radius 1 is 1.19 bits per heavy atom. The van der Waals surface area contributed by atoms with E-state index in [2.05, 4.69) is 21.5 Å². The van der Waals surface area contributed by atoms with Gasteiger partial charge in [0.25, 0.3) is 5.56 Å². The van der Waals surface area contributed by atoms with Gasteiger partial charge in [-0.1, -0.05) is 17.4 Å². The first-order chi connectivity index (χ1) is 12.9. The monoisotopic (exact) mass is 383 g/mol. The van der Waals surface area contributed by atoms with Gasteiger partial charge in [-0.2, -0.15) is 4.52 Å². The summed E-state index contributed by atoms with van der Waals surface area (Å²) in [6.45, 7) is 6.55. The number of hydrogen-bond donors (Lipinski definition) is 1. The molecule has 140 valence electrons. The molecule has 2 aromatic heterocycles. The second-order valence-electron chi connectivity index (χ2n) is 7.03. The molecule has 3 aromatic rings. The van der Waals surface area contributed by atoms with Crippen LogP contribution >= 0.6 is 11.3 Å². The van der Waals surface area contributed by atoms with Crippen LogP contribution in [0.15, 0.2) is 29.1 Å². The molecule has 0 saturated carbocycles. The van der Waals surface area contributed by atoms with Crippen LogP contribution in [-0.4, -0.2) is 33.1 Å². The lowest BCUT2D eigenvalue weighted by Gasteiger charge is -2.22. The molecule has 1 N–H and O–H groups in total. The van der Waals surface area contributed by atoms with Crippen LogP contribution in [0.3, 0.4) is 0 Å². The Morgan fingerprint density at radius 2 is 1.93 bits per heavy atom. The van der Waals surface area contributed by atoms with Gasteiger partial charge in [-0.15, -0.1) is 5.10 Å². The topological polar surface area (TPSA) is 79.6 Å². The zero-order valence-corrected chi connectivity index (χ0v) is 16.3. The number of fused-ring (bicyclic) bond motifs is 1. The third-order valence-electron chi connectivity index (χ3n) is 4.65. The van der Waals surface area contributed by atoms with Gasteiger partial charge in [0.15, 0.2) is 0 Å². The highest BCUT2D eigenvalue weighted by molar-refractivity contribution is 7.20. The van der Waals surface area contributed by atoms with Crippen LogP contribution in [0.1, 0.15) is 29.7 Å². The minimum Gasteiger partial charge on any atom is -0.335 e. The summed E-state index contributed by atoms with van der Waals surface area (Å²) in [4.78, 5) is 31.9. The molecule has 1 amide bonds. The predicted octanol–water partition coefficient (Wildman–Crippen LogP) is 2.68. The third-order valence-corrected chi connectivity index (χ3v) is 5.60. The quantitative estimate of drug-likeness (QED) is 0.752. The highest BCUT2D eigenvalue weighted by Gasteiger charge is 2.33. The lowest BCUT2D eigenvalue weighted by atomic mass is 10.1. The van der Waals surface area contributed by atoms with Gasteiger partial charge in [-0.05, 0) is 56.9 Å². The number of carbonyl (C=O) groups excluding carboxylic acids is 1. The average Bonchev–Trinajstić information content (AvgIpc) is 3.19. The molecule has 1 aromatic carbocycles. The van der Waals surface area contributed by atoms with Gasteiger partial charge in [0.1, 0.15) is 6.04 Å². The minimum atomic E-state index is -0.303. The number of rotatable bonds is 3. The number of benzene rings is 1. The van der Waals surface area contributed by atoms with Crippen molar-refractivity contribution in [1.29, 1.82) is 0 Å². The summed E-state index contributed by atoms with van der Waals surface area (Å²) in [5.74, 6) is -0.0479. The van der Waals surface area contributed by atoms with Gasteiger partial charge >= 0.3 is 0 Å². The smallest absolute Gasteiger partial charge is 0.275 e. The molecular weight excluding hydrogens is 362 g/mol. The van der Waals surface area contributed by atoms with Crippen molar-refractivity contribution < 1.29 is 4.79 Å². The van der Waals surface area contributed by atoms with Crippen LogP contribution in [-0.2, 0) is 4.79 Å². The molecule has 27 heavy (non-hydrogen) atoms. The molecule has 7 nitrogen and oxygen atoms in total. The van der Waals surface area contributed by atoms with Crippen LogP contribution in [0.4, 0.5) is 10.8 Å². The van der Waals surface area contributed by atoms with Crippen LogP contribution < -0.4 is 15.8 Å². The maximum Gasteiger partial charge on any atom is 0.275 e. The van der Waals surface area contributed by atoms with Gasteiger partial charge in [-0.3, -0.25) is 9.59 Å². The van der Waals surface area contributed by atoms with E-state index in [-0.39, 0.29) is 17.5 Å². The SMILES string of the molecule is Cc1cc(C)cc(NC(=O)[C@H]2CCCN2c2nn3c(=O)cc(C)nc3s2)c1. The number of aromatic nitrogens is 3. The number of amides is 1. The minimum absolute atomic E-state index is 0.0479. The maximum absolute atomic E-state index is 12.9. The number of carbonyl (C=O) groups is 1. The van der Waals surface area contributed by atoms with Gasteiger partial charge in [0.2, 0.25) is 16.0 Å². The molecule has 0 radical (unpaired) electrons. The third kappa shape index (κ3) is 3.44. The van der Waals surface area contributed by atoms with Crippen molar-refractivity contribution in [2.45, 2.75) is 39.7 Å². The summed E-state index contributed by atoms with van der Waals surface area (Å²) in [6.07, 6.45) is 1.66. The predicted molar refractivity (Wildman–Crippen MR) is 107 cm³/mol. The number of hydrogen-bond acceptors (Lipinski definition) is 6. The molecule has 4 rings (SSSR count). The highest BCUT2D eigenvalue weighted by atomic mass is 32.1. The van der Waals surface area contributed by atoms with E-state index in [1.165, 1.54) is 21.9 Å². The molecule has 1 fully saturated rings. The Morgan fingerprint density at radius 3 is 2.67 bits per heavy atom. The fraction of sp³-hybridized carbons (Fsp3) is 0.368. The average molecular weight is 383 g/mol. The lowest BCUT2D eigenvalue weighted by Crippen LogP contribution is -2.39. The molecular formula is C19H21N5O2S. The summed E-state index contributed by atoms with van der Waals surface area (Å²) < 4.78 is 1.31. The van der Waals surface area contributed by atoms with Crippen molar-refractivity contribution in [1.82, 2.24) is 14.6 Å². The molecule has 1 aliphatic heterocycles. The summed E-state index contributed by atoms with van der Waals surface area (Å²) in [5, 5.41) is 8.10. The standard InChI is InChI=1S/C19H21N5O2S/c1-11-7-12(2)9-14(8-11)21-17(26)15-5-4-6-23(15)19-22-24-16(25)10-13(3)20-18(24)27-19/h7-10,15H,4-6H2,1-3H3,(H,21,26)/t15-/m1/s1. The van der Waals surface area contributed by atoms with Crippen LogP contribution in [0.5, 0.6) is 0 Å². The van der Waals surface area contributed by atoms with Crippen molar-refractivity contribution in [3.63, 3.8) is 0 Å². The van der Waals surface area contributed by atoms with Gasteiger partial charge in [-0.25, -0.2) is 4.98 Å². The summed E-state index contributed by atoms with van der Waals surface area (Å²) in [7, 11) is 0. The Kier molecular flexibility index (Phi) is 4.43. The second kappa shape index (κ2) is 6.77. The molecule has 0 spiro atoms. The molecule has 1 aliphatic rings. The van der Waals surface area contributed by atoms with Crippen molar-refractivity contribution >= 4 is 33.0 Å². The molecule has 1 atom stereocenters. The van der Waals surface area contributed by atoms with Crippen LogP contribution in [0.2, 0.25) is 0 Å². The first-order valence-electron chi connectivity index (χ1n) is 8.94. The van der Waals surface area contributed by atoms with E-state index in [1.54, 1.807) is 6.92 Å². The maximum atomic E-state index is 12.9. The molecule has 1 saturated heterocycles. The Bertz CT molecular complexity index is 1070. The van der Waals surface area contributed by atoms with E-state index in [1.807, 2.05) is 30.9 Å². The fourth-order valence-electron chi connectivity index (χ4n) is 3.57. The summed E-state index contributed by atoms with van der Waals surface area (Å²) in [5.41, 5.74) is 3.50. The molecule has 0 unspecified atom stereocenters. The number of nitrogens with zero attached hydrogens (tertiary/aromatic N) is 4. The molecule has 0 bridgehead atoms. The van der Waals surface area contributed by atoms with E-state index in [0.717, 1.165) is 36.2 Å². The number of nitrogens with one attached hydrogen (secondary N) is 1. The Hall–Kier alpha value is -2.74. The van der Waals surface area contributed by atoms with E-state index in [0.29, 0.717) is 15.8 Å². The lowest BCUT2D eigenvalue weighted by molar-refractivity contribution is -0.117. The first kappa shape index (κ1) is 17.7. The largest absolute Gasteiger partial charge is 0.335 e. The van der Waals surface area contributed by atoms with Crippen LogP contribution in [0.25, 0.3) is 4.96 Å². The van der Waals surface area contributed by atoms with Crippen LogP contribution in [0, 0.1) is 20.8 Å². The summed E-state index contributed by atoms with van der Waals surface area (Å²) >= 11 is 1.34. The van der Waals surface area contributed by atoms with Gasteiger partial charge in [0, 0.05) is 24.0 Å². The zero-order valence-electron chi connectivity index (χ0n) is 15.5. The first-order valence-corrected chi connectivity index (χ1v) is 9.76. The van der Waals surface area contributed by atoms with E-state index < -0.39 is 0 Å². The van der Waals surface area contributed by atoms with E-state index in [4.69, 9.17) is 0 Å². The van der Waals surface area contributed by atoms with E-state index >= 15 is 0 Å². The normalized spacial score (nSPS) is 16.9. The van der Waals surface area contributed by atoms with Crippen molar-refractivity contribution in [2.24, 2.45) is 0 Å². The summed E-state index contributed by atoms with van der Waals surface area (Å²) in [6, 6.07) is 7.17. The number of anilines is 2. The Labute approximate surface area is 160 Å². The van der Waals surface area contributed by atoms with Crippen molar-refractivity contribution in [3.05, 3.63) is 51.4 Å². The molecule has 0 aliphatic carbocycles. The zero-order chi connectivity index (χ0) is 19.1. The number of aryl methyl sites for hydroxylation is 3. The molecule has 3 heterocycles. The molecule has 8 heteroatoms. The van der Waals surface area contributed by atoms with Gasteiger partial charge < -0.3 is 10.2 Å². The highest BCUT2D eigenvalue weighted by Crippen LogP contribution is 2.29. The van der Waals surface area contributed by atoms with E-state index in [9.17, 15) is 9.59 Å². The Balaban J connectivity index is 1.61. The second-order valence-corrected chi connectivity index (χ2v) is 7.97.